The number of benzene rings is 2. The maximum absolute atomic E-state index is 12.1. The number of carbonyl (C=O) groups is 2. The molecule has 0 radical (unpaired) electrons. The lowest BCUT2D eigenvalue weighted by atomic mass is 10.2. The fraction of sp³-hybridized carbons (Fsp3) is 0.263. The van der Waals surface area contributed by atoms with Crippen molar-refractivity contribution in [3.63, 3.8) is 0 Å². The number of para-hydroxylation sites is 1. The van der Waals surface area contributed by atoms with Crippen LogP contribution in [0.4, 0.5) is 5.69 Å². The zero-order valence-corrected chi connectivity index (χ0v) is 14.4. The number of rotatable bonds is 7. The summed E-state index contributed by atoms with van der Waals surface area (Å²) < 4.78 is 15.6. The molecule has 2 aromatic carbocycles. The maximum atomic E-state index is 12.1. The first-order valence-corrected chi connectivity index (χ1v) is 8.32. The first-order chi connectivity index (χ1) is 12.7. The molecule has 3 rings (SSSR count). The minimum atomic E-state index is -0.420. The van der Waals surface area contributed by atoms with Gasteiger partial charge in [-0.1, -0.05) is 18.2 Å². The van der Waals surface area contributed by atoms with Gasteiger partial charge in [0.2, 0.25) is 12.7 Å². The van der Waals surface area contributed by atoms with Crippen LogP contribution in [0.25, 0.3) is 0 Å². The molecule has 0 fully saturated rings. The summed E-state index contributed by atoms with van der Waals surface area (Å²) in [5.74, 6) is 0.772. The number of carbonyl (C=O) groups excluding carboxylic acids is 2. The molecule has 0 aliphatic carbocycles. The third-order valence-electron chi connectivity index (χ3n) is 3.79. The highest BCUT2D eigenvalue weighted by molar-refractivity contribution is 5.96. The molecule has 0 unspecified atom stereocenters. The molecule has 0 saturated heterocycles. The Balaban J connectivity index is 1.52. The fourth-order valence-electron chi connectivity index (χ4n) is 2.51. The molecular weight excluding hydrogens is 336 g/mol. The van der Waals surface area contributed by atoms with Crippen LogP contribution in [0.1, 0.15) is 22.8 Å². The van der Waals surface area contributed by atoms with Crippen LogP contribution in [0.5, 0.6) is 11.5 Å². The summed E-state index contributed by atoms with van der Waals surface area (Å²) in [5, 5.41) is 5.79. The second-order valence-electron chi connectivity index (χ2n) is 5.58. The number of nitrogens with one attached hydrogen (secondary N) is 2. The van der Waals surface area contributed by atoms with Crippen LogP contribution in [0.2, 0.25) is 0 Å². The molecule has 136 valence electrons. The molecule has 0 atom stereocenters. The molecule has 0 bridgehead atoms. The van der Waals surface area contributed by atoms with Crippen LogP contribution in [0.3, 0.4) is 0 Å². The molecule has 0 spiro atoms. The Kier molecular flexibility index (Phi) is 5.58. The number of ether oxygens (including phenoxy) is 3. The summed E-state index contributed by atoms with van der Waals surface area (Å²) >= 11 is 0. The lowest BCUT2D eigenvalue weighted by Crippen LogP contribution is -2.29. The highest BCUT2D eigenvalue weighted by Gasteiger charge is 2.14. The summed E-state index contributed by atoms with van der Waals surface area (Å²) in [5.41, 5.74) is 1.87. The van der Waals surface area contributed by atoms with E-state index in [9.17, 15) is 9.59 Å². The predicted octanol–water partition coefficient (Wildman–Crippen LogP) is 2.32. The minimum absolute atomic E-state index is 0.0426. The lowest BCUT2D eigenvalue weighted by Gasteiger charge is -2.11. The first kappa shape index (κ1) is 17.6. The van der Waals surface area contributed by atoms with Gasteiger partial charge >= 0.3 is 5.97 Å². The quantitative estimate of drug-likeness (QED) is 0.741. The van der Waals surface area contributed by atoms with Crippen molar-refractivity contribution < 1.29 is 23.8 Å². The summed E-state index contributed by atoms with van der Waals surface area (Å²) in [6.45, 7) is 2.67. The molecule has 26 heavy (non-hydrogen) atoms. The van der Waals surface area contributed by atoms with Gasteiger partial charge < -0.3 is 24.8 Å². The Morgan fingerprint density at radius 3 is 2.77 bits per heavy atom. The maximum Gasteiger partial charge on any atom is 0.340 e. The summed E-state index contributed by atoms with van der Waals surface area (Å²) in [7, 11) is 0. The zero-order chi connectivity index (χ0) is 18.4. The second kappa shape index (κ2) is 8.24. The standard InChI is InChI=1S/C19H20N2O5/c1-2-24-19(23)14-5-3-4-6-15(14)20-11-18(22)21-10-13-7-8-16-17(9-13)26-12-25-16/h3-9,20H,2,10-12H2,1H3,(H,21,22). The van der Waals surface area contributed by atoms with Crippen molar-refractivity contribution in [2.24, 2.45) is 0 Å². The van der Waals surface area contributed by atoms with Gasteiger partial charge in [0, 0.05) is 12.2 Å². The van der Waals surface area contributed by atoms with Crippen LogP contribution in [0.15, 0.2) is 42.5 Å². The van der Waals surface area contributed by atoms with E-state index in [1.807, 2.05) is 18.2 Å². The Labute approximate surface area is 151 Å². The van der Waals surface area contributed by atoms with Crippen molar-refractivity contribution >= 4 is 17.6 Å². The summed E-state index contributed by atoms with van der Waals surface area (Å²) in [6, 6.07) is 12.5. The van der Waals surface area contributed by atoms with Gasteiger partial charge in [0.25, 0.3) is 0 Å². The molecule has 1 amide bonds. The first-order valence-electron chi connectivity index (χ1n) is 8.32. The van der Waals surface area contributed by atoms with Crippen molar-refractivity contribution in [2.45, 2.75) is 13.5 Å². The van der Waals surface area contributed by atoms with Crippen LogP contribution in [-0.2, 0) is 16.1 Å². The number of fused-ring (bicyclic) bond motifs is 1. The Bertz CT molecular complexity index is 806. The predicted molar refractivity (Wildman–Crippen MR) is 95.3 cm³/mol. The number of anilines is 1. The van der Waals surface area contributed by atoms with E-state index in [4.69, 9.17) is 14.2 Å². The van der Waals surface area contributed by atoms with Crippen LogP contribution in [-0.4, -0.2) is 31.8 Å². The van der Waals surface area contributed by atoms with Crippen LogP contribution < -0.4 is 20.1 Å². The van der Waals surface area contributed by atoms with Crippen LogP contribution >= 0.6 is 0 Å². The van der Waals surface area contributed by atoms with Gasteiger partial charge in [0.1, 0.15) is 0 Å². The topological polar surface area (TPSA) is 85.9 Å². The number of hydrogen-bond donors (Lipinski definition) is 2. The number of amides is 1. The molecule has 7 heteroatoms. The Morgan fingerprint density at radius 1 is 1.12 bits per heavy atom. The third-order valence-corrected chi connectivity index (χ3v) is 3.79. The van der Waals surface area contributed by atoms with E-state index in [0.29, 0.717) is 35.9 Å². The van der Waals surface area contributed by atoms with Crippen molar-refractivity contribution in [2.75, 3.05) is 25.3 Å². The molecule has 2 N–H and O–H groups in total. The molecule has 1 aliphatic heterocycles. The van der Waals surface area contributed by atoms with E-state index in [1.165, 1.54) is 0 Å². The van der Waals surface area contributed by atoms with E-state index < -0.39 is 5.97 Å². The zero-order valence-electron chi connectivity index (χ0n) is 14.4. The lowest BCUT2D eigenvalue weighted by molar-refractivity contribution is -0.119. The Morgan fingerprint density at radius 2 is 1.92 bits per heavy atom. The van der Waals surface area contributed by atoms with Crippen molar-refractivity contribution in [3.8, 4) is 11.5 Å². The second-order valence-corrected chi connectivity index (χ2v) is 5.58. The van der Waals surface area contributed by atoms with Crippen LogP contribution in [0, 0.1) is 0 Å². The number of hydrogen-bond acceptors (Lipinski definition) is 6. The molecule has 0 aromatic heterocycles. The minimum Gasteiger partial charge on any atom is -0.462 e. The Hall–Kier alpha value is -3.22. The molecule has 1 aliphatic rings. The van der Waals surface area contributed by atoms with E-state index >= 15 is 0 Å². The van der Waals surface area contributed by atoms with E-state index in [0.717, 1.165) is 5.56 Å². The normalized spacial score (nSPS) is 11.7. The van der Waals surface area contributed by atoms with Gasteiger partial charge in [0.05, 0.1) is 18.7 Å². The van der Waals surface area contributed by atoms with Gasteiger partial charge in [-0.3, -0.25) is 4.79 Å². The van der Waals surface area contributed by atoms with Gasteiger partial charge in [-0.25, -0.2) is 4.79 Å². The fourth-order valence-corrected chi connectivity index (χ4v) is 2.51. The smallest absolute Gasteiger partial charge is 0.340 e. The van der Waals surface area contributed by atoms with Crippen molar-refractivity contribution in [1.82, 2.24) is 5.32 Å². The largest absolute Gasteiger partial charge is 0.462 e. The number of esters is 1. The third kappa shape index (κ3) is 4.24. The monoisotopic (exact) mass is 356 g/mol. The van der Waals surface area contributed by atoms with Gasteiger partial charge in [-0.2, -0.15) is 0 Å². The average Bonchev–Trinajstić information content (AvgIpc) is 3.13. The SMILES string of the molecule is CCOC(=O)c1ccccc1NCC(=O)NCc1ccc2c(c1)OCO2. The summed E-state index contributed by atoms with van der Waals surface area (Å²) in [4.78, 5) is 24.0. The molecule has 0 saturated carbocycles. The van der Waals surface area contributed by atoms with E-state index in [2.05, 4.69) is 10.6 Å². The molecule has 2 aromatic rings. The van der Waals surface area contributed by atoms with E-state index in [-0.39, 0.29) is 19.2 Å². The molecule has 7 nitrogen and oxygen atoms in total. The van der Waals surface area contributed by atoms with Gasteiger partial charge in [-0.05, 0) is 36.8 Å². The van der Waals surface area contributed by atoms with E-state index in [1.54, 1.807) is 31.2 Å². The molecular formula is C19H20N2O5. The van der Waals surface area contributed by atoms with Crippen molar-refractivity contribution in [3.05, 3.63) is 53.6 Å². The highest BCUT2D eigenvalue weighted by atomic mass is 16.7. The van der Waals surface area contributed by atoms with Crippen molar-refractivity contribution in [1.29, 1.82) is 0 Å². The highest BCUT2D eigenvalue weighted by Crippen LogP contribution is 2.32. The average molecular weight is 356 g/mol. The summed E-state index contributed by atoms with van der Waals surface area (Å²) in [6.07, 6.45) is 0. The van der Waals surface area contributed by atoms with Gasteiger partial charge in [0.15, 0.2) is 11.5 Å². The molecule has 1 heterocycles. The van der Waals surface area contributed by atoms with Gasteiger partial charge in [-0.15, -0.1) is 0 Å².